The number of benzene rings is 2. The Morgan fingerprint density at radius 3 is 2.86 bits per heavy atom. The van der Waals surface area contributed by atoms with E-state index in [1.807, 2.05) is 42.5 Å². The fraction of sp³-hybridized carbons (Fsp3) is 0.133. The van der Waals surface area contributed by atoms with Gasteiger partial charge in [-0.1, -0.05) is 47.6 Å². The molecule has 0 aliphatic carbocycles. The molecule has 3 aromatic rings. The van der Waals surface area contributed by atoms with Crippen molar-refractivity contribution in [2.75, 3.05) is 6.54 Å². The maximum Gasteiger partial charge on any atom is 0.240 e. The van der Waals surface area contributed by atoms with Gasteiger partial charge in [-0.15, -0.1) is 0 Å². The van der Waals surface area contributed by atoms with Crippen molar-refractivity contribution in [3.8, 4) is 11.4 Å². The van der Waals surface area contributed by atoms with Crippen molar-refractivity contribution in [1.29, 1.82) is 0 Å². The molecule has 0 saturated carbocycles. The third-order valence-electron chi connectivity index (χ3n) is 3.07. The van der Waals surface area contributed by atoms with E-state index in [1.54, 1.807) is 0 Å². The number of hydrogen-bond donors (Lipinski definition) is 2. The monoisotopic (exact) mass is 282 g/mol. The third kappa shape index (κ3) is 2.90. The molecule has 0 aliphatic rings. The molecule has 0 aliphatic heterocycles. The molecule has 0 saturated heterocycles. The van der Waals surface area contributed by atoms with Crippen molar-refractivity contribution in [2.24, 2.45) is 5.73 Å². The fourth-order valence-corrected chi connectivity index (χ4v) is 2.15. The number of amides is 1. The van der Waals surface area contributed by atoms with Crippen LogP contribution in [0, 0.1) is 0 Å². The largest absolute Gasteiger partial charge is 0.369 e. The number of carbonyl (C=O) groups excluding carboxylic acids is 1. The van der Waals surface area contributed by atoms with Crippen molar-refractivity contribution >= 4 is 16.7 Å². The van der Waals surface area contributed by atoms with Gasteiger partial charge in [0.2, 0.25) is 17.6 Å². The average molecular weight is 282 g/mol. The zero-order chi connectivity index (χ0) is 14.7. The fourth-order valence-electron chi connectivity index (χ4n) is 2.15. The maximum absolute atomic E-state index is 10.7. The first-order valence-electron chi connectivity index (χ1n) is 6.54. The predicted octanol–water partition coefficient (Wildman–Crippen LogP) is 1.46. The molecule has 2 aromatic carbocycles. The van der Waals surface area contributed by atoms with E-state index in [1.165, 1.54) is 0 Å². The van der Waals surface area contributed by atoms with Gasteiger partial charge in [0, 0.05) is 5.56 Å². The SMILES string of the molecule is NC(=O)CNCc1nc(-c2cccc3ccccc23)no1. The Morgan fingerprint density at radius 2 is 2.00 bits per heavy atom. The summed E-state index contributed by atoms with van der Waals surface area (Å²) in [6.07, 6.45) is 0. The molecular formula is C15H14N4O2. The number of hydrogen-bond acceptors (Lipinski definition) is 5. The summed E-state index contributed by atoms with van der Waals surface area (Å²) in [4.78, 5) is 15.0. The number of aromatic nitrogens is 2. The molecule has 106 valence electrons. The Morgan fingerprint density at radius 1 is 1.19 bits per heavy atom. The number of nitrogens with zero attached hydrogens (tertiary/aromatic N) is 2. The van der Waals surface area contributed by atoms with Crippen molar-refractivity contribution in [1.82, 2.24) is 15.5 Å². The molecule has 6 nitrogen and oxygen atoms in total. The van der Waals surface area contributed by atoms with Crippen LogP contribution in [0.5, 0.6) is 0 Å². The van der Waals surface area contributed by atoms with Gasteiger partial charge >= 0.3 is 0 Å². The molecular weight excluding hydrogens is 268 g/mol. The minimum atomic E-state index is -0.427. The van der Waals surface area contributed by atoms with Crippen LogP contribution >= 0.6 is 0 Å². The first-order valence-corrected chi connectivity index (χ1v) is 6.54. The van der Waals surface area contributed by atoms with Gasteiger partial charge in [-0.3, -0.25) is 10.1 Å². The first kappa shape index (κ1) is 13.3. The van der Waals surface area contributed by atoms with Crippen molar-refractivity contribution in [2.45, 2.75) is 6.54 Å². The highest BCUT2D eigenvalue weighted by molar-refractivity contribution is 5.94. The van der Waals surface area contributed by atoms with Crippen LogP contribution in [0.25, 0.3) is 22.2 Å². The molecule has 1 heterocycles. The second-order valence-electron chi connectivity index (χ2n) is 4.61. The minimum absolute atomic E-state index is 0.0754. The van der Waals surface area contributed by atoms with Crippen LogP contribution < -0.4 is 11.1 Å². The maximum atomic E-state index is 10.7. The Hall–Kier alpha value is -2.73. The molecule has 0 fully saturated rings. The van der Waals surface area contributed by atoms with Crippen LogP contribution in [-0.2, 0) is 11.3 Å². The molecule has 0 spiro atoms. The summed E-state index contributed by atoms with van der Waals surface area (Å²) in [5, 5.41) is 9.01. The highest BCUT2D eigenvalue weighted by atomic mass is 16.5. The molecule has 1 amide bonds. The Labute approximate surface area is 121 Å². The Kier molecular flexibility index (Phi) is 3.61. The van der Waals surface area contributed by atoms with Crippen LogP contribution in [0.4, 0.5) is 0 Å². The van der Waals surface area contributed by atoms with E-state index in [9.17, 15) is 4.79 Å². The molecule has 6 heteroatoms. The van der Waals surface area contributed by atoms with Gasteiger partial charge in [-0.2, -0.15) is 4.98 Å². The second kappa shape index (κ2) is 5.72. The second-order valence-corrected chi connectivity index (χ2v) is 4.61. The van der Waals surface area contributed by atoms with Gasteiger partial charge < -0.3 is 10.3 Å². The van der Waals surface area contributed by atoms with Gasteiger partial charge in [-0.25, -0.2) is 0 Å². The summed E-state index contributed by atoms with van der Waals surface area (Å²) in [7, 11) is 0. The topological polar surface area (TPSA) is 94.0 Å². The molecule has 0 bridgehead atoms. The van der Waals surface area contributed by atoms with E-state index in [2.05, 4.69) is 15.5 Å². The number of nitrogens with two attached hydrogens (primary N) is 1. The van der Waals surface area contributed by atoms with Gasteiger partial charge in [0.25, 0.3) is 0 Å². The molecule has 0 unspecified atom stereocenters. The van der Waals surface area contributed by atoms with Crippen molar-refractivity contribution in [3.63, 3.8) is 0 Å². The van der Waals surface area contributed by atoms with E-state index in [-0.39, 0.29) is 6.54 Å². The molecule has 1 aromatic heterocycles. The first-order chi connectivity index (χ1) is 10.2. The number of primary amides is 1. The van der Waals surface area contributed by atoms with Crippen molar-refractivity contribution in [3.05, 3.63) is 48.4 Å². The van der Waals surface area contributed by atoms with Crippen LogP contribution in [0.2, 0.25) is 0 Å². The zero-order valence-corrected chi connectivity index (χ0v) is 11.2. The molecule has 21 heavy (non-hydrogen) atoms. The average Bonchev–Trinajstić information content (AvgIpc) is 2.95. The third-order valence-corrected chi connectivity index (χ3v) is 3.07. The van der Waals surface area contributed by atoms with Gasteiger partial charge in [0.15, 0.2) is 0 Å². The van der Waals surface area contributed by atoms with E-state index >= 15 is 0 Å². The van der Waals surface area contributed by atoms with Crippen LogP contribution in [-0.4, -0.2) is 22.6 Å². The standard InChI is InChI=1S/C15H14N4O2/c16-13(20)8-17-9-14-18-15(19-21-14)12-7-3-5-10-4-1-2-6-11(10)12/h1-7,17H,8-9H2,(H2,16,20). The van der Waals surface area contributed by atoms with Crippen LogP contribution in [0.3, 0.4) is 0 Å². The minimum Gasteiger partial charge on any atom is -0.369 e. The zero-order valence-electron chi connectivity index (χ0n) is 11.2. The Bertz CT molecular complexity index is 777. The molecule has 3 rings (SSSR count). The van der Waals surface area contributed by atoms with Crippen molar-refractivity contribution < 1.29 is 9.32 Å². The number of rotatable bonds is 5. The number of nitrogens with one attached hydrogen (secondary N) is 1. The summed E-state index contributed by atoms with van der Waals surface area (Å²) in [5.41, 5.74) is 5.96. The number of carbonyl (C=O) groups is 1. The molecule has 0 radical (unpaired) electrons. The summed E-state index contributed by atoms with van der Waals surface area (Å²) < 4.78 is 5.17. The smallest absolute Gasteiger partial charge is 0.240 e. The van der Waals surface area contributed by atoms with Gasteiger partial charge in [-0.05, 0) is 10.8 Å². The van der Waals surface area contributed by atoms with Gasteiger partial charge in [0.05, 0.1) is 13.1 Å². The summed E-state index contributed by atoms with van der Waals surface area (Å²) in [5.74, 6) is 0.519. The van der Waals surface area contributed by atoms with E-state index in [4.69, 9.17) is 10.3 Å². The summed E-state index contributed by atoms with van der Waals surface area (Å²) in [6, 6.07) is 14.0. The highest BCUT2D eigenvalue weighted by Gasteiger charge is 2.11. The van der Waals surface area contributed by atoms with Crippen LogP contribution in [0.15, 0.2) is 47.0 Å². The quantitative estimate of drug-likeness (QED) is 0.739. The van der Waals surface area contributed by atoms with Crippen LogP contribution in [0.1, 0.15) is 5.89 Å². The molecule has 3 N–H and O–H groups in total. The number of fused-ring (bicyclic) bond motifs is 1. The van der Waals surface area contributed by atoms with E-state index < -0.39 is 5.91 Å². The van der Waals surface area contributed by atoms with E-state index in [0.29, 0.717) is 18.3 Å². The summed E-state index contributed by atoms with van der Waals surface area (Å²) in [6.45, 7) is 0.382. The van der Waals surface area contributed by atoms with E-state index in [0.717, 1.165) is 16.3 Å². The highest BCUT2D eigenvalue weighted by Crippen LogP contribution is 2.26. The lowest BCUT2D eigenvalue weighted by Gasteiger charge is -2.01. The Balaban J connectivity index is 1.86. The predicted molar refractivity (Wildman–Crippen MR) is 78.1 cm³/mol. The normalized spacial score (nSPS) is 10.9. The lowest BCUT2D eigenvalue weighted by Crippen LogP contribution is -2.28. The van der Waals surface area contributed by atoms with Gasteiger partial charge in [0.1, 0.15) is 0 Å². The lowest BCUT2D eigenvalue weighted by molar-refractivity contribution is -0.117. The summed E-state index contributed by atoms with van der Waals surface area (Å²) >= 11 is 0. The lowest BCUT2D eigenvalue weighted by atomic mass is 10.0. The molecule has 0 atom stereocenters.